The molecule has 1 rings (SSSR count). The number of hydrogen-bond donors (Lipinski definition) is 1. The molecule has 0 bridgehead atoms. The molecule has 70 valence electrons. The Morgan fingerprint density at radius 2 is 2.31 bits per heavy atom. The lowest BCUT2D eigenvalue weighted by molar-refractivity contribution is -0.384. The second-order valence-corrected chi connectivity index (χ2v) is 2.45. The molecule has 0 saturated carbocycles. The van der Waals surface area contributed by atoms with Gasteiger partial charge in [0.2, 0.25) is 0 Å². The molecule has 4 nitrogen and oxygen atoms in total. The zero-order valence-corrected chi connectivity index (χ0v) is 7.08. The molecule has 0 atom stereocenters. The Bertz CT molecular complexity index is 328. The van der Waals surface area contributed by atoms with Crippen LogP contribution in [-0.2, 0) is 0 Å². The monoisotopic (exact) mass is 184 g/mol. The molecule has 0 spiro atoms. The number of nitrogens with zero attached hydrogens (tertiary/aromatic N) is 1. The van der Waals surface area contributed by atoms with Crippen molar-refractivity contribution in [2.24, 2.45) is 0 Å². The van der Waals surface area contributed by atoms with Crippen LogP contribution >= 0.6 is 0 Å². The van der Waals surface area contributed by atoms with E-state index in [-0.39, 0.29) is 11.4 Å². The predicted molar refractivity (Wildman–Crippen MR) is 47.2 cm³/mol. The molecule has 0 aliphatic rings. The van der Waals surface area contributed by atoms with Crippen LogP contribution in [0, 0.1) is 15.9 Å². The topological polar surface area (TPSA) is 55.2 Å². The van der Waals surface area contributed by atoms with Crippen molar-refractivity contribution in [2.75, 3.05) is 11.9 Å². The van der Waals surface area contributed by atoms with Gasteiger partial charge in [-0.15, -0.1) is 0 Å². The van der Waals surface area contributed by atoms with Gasteiger partial charge >= 0.3 is 0 Å². The standard InChI is InChI=1S/C8H9FN2O2/c1-2-10-8-5-6(11(12)13)3-4-7(8)9/h3-5,10H,2H2,1H3. The van der Waals surface area contributed by atoms with Crippen molar-refractivity contribution in [1.82, 2.24) is 0 Å². The van der Waals surface area contributed by atoms with Gasteiger partial charge in [0.15, 0.2) is 0 Å². The highest BCUT2D eigenvalue weighted by atomic mass is 19.1. The molecule has 5 heteroatoms. The van der Waals surface area contributed by atoms with Crippen LogP contribution in [0.2, 0.25) is 0 Å². The van der Waals surface area contributed by atoms with Crippen molar-refractivity contribution in [3.8, 4) is 0 Å². The summed E-state index contributed by atoms with van der Waals surface area (Å²) >= 11 is 0. The van der Waals surface area contributed by atoms with Gasteiger partial charge in [0, 0.05) is 18.7 Å². The van der Waals surface area contributed by atoms with Crippen LogP contribution in [0.5, 0.6) is 0 Å². The number of hydrogen-bond acceptors (Lipinski definition) is 3. The third kappa shape index (κ3) is 2.14. The van der Waals surface area contributed by atoms with Crippen LogP contribution in [-0.4, -0.2) is 11.5 Å². The molecule has 0 aromatic heterocycles. The average molecular weight is 184 g/mol. The highest BCUT2D eigenvalue weighted by molar-refractivity contribution is 5.52. The third-order valence-corrected chi connectivity index (χ3v) is 1.53. The first-order valence-corrected chi connectivity index (χ1v) is 3.83. The third-order valence-electron chi connectivity index (χ3n) is 1.53. The molecule has 1 N–H and O–H groups in total. The number of nitro groups is 1. The van der Waals surface area contributed by atoms with Crippen molar-refractivity contribution in [1.29, 1.82) is 0 Å². The van der Waals surface area contributed by atoms with Crippen LogP contribution in [0.1, 0.15) is 6.92 Å². The SMILES string of the molecule is CCNc1cc([N+](=O)[O-])ccc1F. The Balaban J connectivity index is 3.03. The van der Waals surface area contributed by atoms with E-state index in [1.54, 1.807) is 6.92 Å². The van der Waals surface area contributed by atoms with Crippen molar-refractivity contribution in [3.05, 3.63) is 34.1 Å². The Morgan fingerprint density at radius 1 is 1.62 bits per heavy atom. The lowest BCUT2D eigenvalue weighted by atomic mass is 10.2. The zero-order valence-electron chi connectivity index (χ0n) is 7.08. The van der Waals surface area contributed by atoms with E-state index in [4.69, 9.17) is 0 Å². The van der Waals surface area contributed by atoms with E-state index in [0.717, 1.165) is 12.1 Å². The van der Waals surface area contributed by atoms with E-state index in [9.17, 15) is 14.5 Å². The van der Waals surface area contributed by atoms with Crippen molar-refractivity contribution in [3.63, 3.8) is 0 Å². The maximum atomic E-state index is 12.9. The average Bonchev–Trinajstić information content (AvgIpc) is 2.08. The van der Waals surface area contributed by atoms with Crippen LogP contribution in [0.25, 0.3) is 0 Å². The summed E-state index contributed by atoms with van der Waals surface area (Å²) in [5, 5.41) is 13.0. The lowest BCUT2D eigenvalue weighted by Gasteiger charge is -2.03. The molecule has 1 aromatic rings. The predicted octanol–water partition coefficient (Wildman–Crippen LogP) is 2.17. The summed E-state index contributed by atoms with van der Waals surface area (Å²) in [5.74, 6) is -0.479. The first kappa shape index (κ1) is 9.44. The van der Waals surface area contributed by atoms with Gasteiger partial charge in [0.1, 0.15) is 5.82 Å². The van der Waals surface area contributed by atoms with Gasteiger partial charge in [-0.3, -0.25) is 10.1 Å². The molecule has 0 aliphatic heterocycles. The molecule has 0 fully saturated rings. The smallest absolute Gasteiger partial charge is 0.271 e. The molecule has 0 unspecified atom stereocenters. The molecule has 0 radical (unpaired) electrons. The molecular weight excluding hydrogens is 175 g/mol. The summed E-state index contributed by atoms with van der Waals surface area (Å²) in [7, 11) is 0. The Labute approximate surface area is 74.5 Å². The van der Waals surface area contributed by atoms with E-state index < -0.39 is 10.7 Å². The highest BCUT2D eigenvalue weighted by Gasteiger charge is 2.09. The van der Waals surface area contributed by atoms with E-state index >= 15 is 0 Å². The first-order valence-electron chi connectivity index (χ1n) is 3.83. The van der Waals surface area contributed by atoms with Crippen LogP contribution in [0.4, 0.5) is 15.8 Å². The van der Waals surface area contributed by atoms with Crippen molar-refractivity contribution < 1.29 is 9.31 Å². The summed E-state index contributed by atoms with van der Waals surface area (Å²) in [6, 6.07) is 3.39. The lowest BCUT2D eigenvalue weighted by Crippen LogP contribution is -2.00. The molecule has 13 heavy (non-hydrogen) atoms. The maximum Gasteiger partial charge on any atom is 0.271 e. The Kier molecular flexibility index (Phi) is 2.79. The fourth-order valence-electron chi connectivity index (χ4n) is 0.953. The molecule has 0 aliphatic carbocycles. The van der Waals surface area contributed by atoms with Crippen molar-refractivity contribution in [2.45, 2.75) is 6.92 Å². The second-order valence-electron chi connectivity index (χ2n) is 2.45. The number of nitro benzene ring substituents is 1. The minimum atomic E-state index is -0.555. The maximum absolute atomic E-state index is 12.9. The van der Waals surface area contributed by atoms with E-state index in [1.165, 1.54) is 6.07 Å². The van der Waals surface area contributed by atoms with Crippen LogP contribution in [0.3, 0.4) is 0 Å². The molecule has 0 heterocycles. The number of halogens is 1. The minimum absolute atomic E-state index is 0.114. The summed E-state index contributed by atoms with van der Waals surface area (Å²) in [5.41, 5.74) is 0.0500. The number of benzene rings is 1. The largest absolute Gasteiger partial charge is 0.383 e. The van der Waals surface area contributed by atoms with E-state index in [1.807, 2.05) is 0 Å². The van der Waals surface area contributed by atoms with Crippen LogP contribution < -0.4 is 5.32 Å². The summed E-state index contributed by atoms with van der Waals surface area (Å²) in [4.78, 5) is 9.77. The summed E-state index contributed by atoms with van der Waals surface area (Å²) in [6.07, 6.45) is 0. The molecular formula is C8H9FN2O2. The zero-order chi connectivity index (χ0) is 9.84. The van der Waals surface area contributed by atoms with Gasteiger partial charge in [-0.25, -0.2) is 4.39 Å². The van der Waals surface area contributed by atoms with Gasteiger partial charge in [-0.2, -0.15) is 0 Å². The van der Waals surface area contributed by atoms with Gasteiger partial charge < -0.3 is 5.32 Å². The Morgan fingerprint density at radius 3 is 2.85 bits per heavy atom. The van der Waals surface area contributed by atoms with Crippen LogP contribution in [0.15, 0.2) is 18.2 Å². The molecule has 0 amide bonds. The Hall–Kier alpha value is -1.65. The fraction of sp³-hybridized carbons (Fsp3) is 0.250. The minimum Gasteiger partial charge on any atom is -0.383 e. The number of nitrogens with one attached hydrogen (secondary N) is 1. The number of anilines is 1. The second kappa shape index (κ2) is 3.84. The fourth-order valence-corrected chi connectivity index (χ4v) is 0.953. The number of rotatable bonds is 3. The number of non-ortho nitro benzene ring substituents is 1. The molecule has 0 saturated heterocycles. The van der Waals surface area contributed by atoms with E-state index in [2.05, 4.69) is 5.32 Å². The van der Waals surface area contributed by atoms with Gasteiger partial charge in [-0.1, -0.05) is 0 Å². The summed E-state index contributed by atoms with van der Waals surface area (Å²) < 4.78 is 12.9. The quantitative estimate of drug-likeness (QED) is 0.578. The summed E-state index contributed by atoms with van der Waals surface area (Å²) in [6.45, 7) is 2.32. The highest BCUT2D eigenvalue weighted by Crippen LogP contribution is 2.20. The molecule has 1 aromatic carbocycles. The normalized spacial score (nSPS) is 9.69. The van der Waals surface area contributed by atoms with Gasteiger partial charge in [0.05, 0.1) is 10.6 Å². The first-order chi connectivity index (χ1) is 6.15. The van der Waals surface area contributed by atoms with Gasteiger partial charge in [0.25, 0.3) is 5.69 Å². The van der Waals surface area contributed by atoms with Crippen molar-refractivity contribution >= 4 is 11.4 Å². The van der Waals surface area contributed by atoms with E-state index in [0.29, 0.717) is 6.54 Å². The van der Waals surface area contributed by atoms with Gasteiger partial charge in [-0.05, 0) is 13.0 Å².